The second-order valence-electron chi connectivity index (χ2n) is 5.42. The van der Waals surface area contributed by atoms with Crippen molar-refractivity contribution in [2.24, 2.45) is 0 Å². The minimum atomic E-state index is -1.55. The summed E-state index contributed by atoms with van der Waals surface area (Å²) >= 11 is 0. The van der Waals surface area contributed by atoms with Gasteiger partial charge in [-0.3, -0.25) is 0 Å². The molecule has 3 nitrogen and oxygen atoms in total. The largest absolute Gasteiger partial charge is 0.592 e. The van der Waals surface area contributed by atoms with Gasteiger partial charge in [-0.05, 0) is 47.9 Å². The van der Waals surface area contributed by atoms with E-state index in [2.05, 4.69) is 25.1 Å². The van der Waals surface area contributed by atoms with E-state index in [9.17, 15) is 10.0 Å². The molecule has 114 valence electrons. The second-order valence-corrected chi connectivity index (χ2v) is 5.42. The van der Waals surface area contributed by atoms with Crippen LogP contribution in [0.2, 0.25) is 0 Å². The molecule has 23 heavy (non-hydrogen) atoms. The summed E-state index contributed by atoms with van der Waals surface area (Å²) in [4.78, 5) is 1.44. The molecule has 0 saturated carbocycles. The van der Waals surface area contributed by atoms with Crippen molar-refractivity contribution in [2.75, 3.05) is 4.81 Å². The molecule has 2 N–H and O–H groups in total. The van der Waals surface area contributed by atoms with E-state index in [-0.39, 0.29) is 0 Å². The van der Waals surface area contributed by atoms with Crippen LogP contribution in [0.15, 0.2) is 78.9 Å². The summed E-state index contributed by atoms with van der Waals surface area (Å²) in [6.45, 7) is 2.14. The number of hydrogen-bond acceptors (Lipinski definition) is 3. The van der Waals surface area contributed by atoms with E-state index in [1.165, 1.54) is 21.5 Å². The molecule has 4 heteroatoms. The summed E-state index contributed by atoms with van der Waals surface area (Å²) in [5.41, 5.74) is 5.84. The Morgan fingerprint density at radius 2 is 1.26 bits per heavy atom. The van der Waals surface area contributed by atoms with Gasteiger partial charge in [0.2, 0.25) is 0 Å². The minimum absolute atomic E-state index is 0.740. The number of fused-ring (bicyclic) bond motifs is 1. The van der Waals surface area contributed by atoms with Gasteiger partial charge in [-0.15, -0.1) is 0 Å². The fraction of sp³-hybridized carbons (Fsp3) is 0.0526. The summed E-state index contributed by atoms with van der Waals surface area (Å²) in [6.07, 6.45) is 0. The van der Waals surface area contributed by atoms with Crippen LogP contribution in [-0.2, 0) is 0 Å². The fourth-order valence-electron chi connectivity index (χ4n) is 2.57. The first-order valence-corrected chi connectivity index (χ1v) is 7.53. The fourth-order valence-corrected chi connectivity index (χ4v) is 2.57. The molecule has 2 aliphatic rings. The smallest absolute Gasteiger partial charge is 0.407 e. The van der Waals surface area contributed by atoms with Crippen molar-refractivity contribution >= 4 is 18.6 Å². The van der Waals surface area contributed by atoms with Crippen LogP contribution in [0.3, 0.4) is 0 Å². The molecular weight excluding hydrogens is 285 g/mol. The highest BCUT2D eigenvalue weighted by Gasteiger charge is 2.22. The van der Waals surface area contributed by atoms with E-state index in [4.69, 9.17) is 0 Å². The number of nitrogens with zero attached hydrogens (tertiary/aromatic N) is 1. The zero-order valence-electron chi connectivity index (χ0n) is 12.9. The number of aryl methyl sites for hydroxylation is 1. The highest BCUT2D eigenvalue weighted by Crippen LogP contribution is 2.35. The standard InChI is InChI=1S/C12H12BNO2.C7H6/c15-13(16)14(11-7-3-1-4-8-11)12-9-5-2-6-10-12;1-5-4-6-2-3-7(5)6/h1-10,15-16H;2-4H,1H3. The van der Waals surface area contributed by atoms with Crippen molar-refractivity contribution in [3.63, 3.8) is 0 Å². The number of anilines is 2. The van der Waals surface area contributed by atoms with Crippen molar-refractivity contribution in [1.29, 1.82) is 0 Å². The van der Waals surface area contributed by atoms with E-state index in [1.807, 2.05) is 60.7 Å². The summed E-state index contributed by atoms with van der Waals surface area (Å²) in [5.74, 6) is 0. The lowest BCUT2D eigenvalue weighted by Gasteiger charge is -2.23. The van der Waals surface area contributed by atoms with Crippen molar-refractivity contribution < 1.29 is 10.0 Å². The number of hydrogen-bond donors (Lipinski definition) is 2. The van der Waals surface area contributed by atoms with Crippen LogP contribution < -0.4 is 4.81 Å². The van der Waals surface area contributed by atoms with Gasteiger partial charge >= 0.3 is 7.25 Å². The second kappa shape index (κ2) is 6.69. The Balaban J connectivity index is 0.000000183. The van der Waals surface area contributed by atoms with Crippen LogP contribution >= 0.6 is 0 Å². The monoisotopic (exact) mass is 303 g/mol. The Bertz CT molecular complexity index is 736. The van der Waals surface area contributed by atoms with Crippen molar-refractivity contribution in [2.45, 2.75) is 6.92 Å². The zero-order chi connectivity index (χ0) is 16.2. The predicted octanol–water partition coefficient (Wildman–Crippen LogP) is 3.77. The van der Waals surface area contributed by atoms with Crippen LogP contribution in [0.1, 0.15) is 5.56 Å². The lowest BCUT2D eigenvalue weighted by molar-refractivity contribution is 0.407. The number of para-hydroxylation sites is 2. The Hall–Kier alpha value is -2.56. The number of rotatable bonds is 3. The third-order valence-corrected chi connectivity index (χ3v) is 3.84. The molecule has 0 atom stereocenters. The lowest BCUT2D eigenvalue weighted by atomic mass is 9.88. The molecule has 0 saturated heterocycles. The zero-order valence-corrected chi connectivity index (χ0v) is 12.9. The Morgan fingerprint density at radius 3 is 1.48 bits per heavy atom. The van der Waals surface area contributed by atoms with Gasteiger partial charge in [0, 0.05) is 11.4 Å². The molecule has 0 radical (unpaired) electrons. The quantitative estimate of drug-likeness (QED) is 0.566. The van der Waals surface area contributed by atoms with E-state index >= 15 is 0 Å². The van der Waals surface area contributed by atoms with Gasteiger partial charge in [-0.25, -0.2) is 0 Å². The molecule has 0 spiro atoms. The van der Waals surface area contributed by atoms with Crippen molar-refractivity contribution in [1.82, 2.24) is 0 Å². The van der Waals surface area contributed by atoms with Crippen LogP contribution in [-0.4, -0.2) is 17.3 Å². The Kier molecular flexibility index (Phi) is 4.46. The topological polar surface area (TPSA) is 43.7 Å². The summed E-state index contributed by atoms with van der Waals surface area (Å²) < 4.78 is 0. The highest BCUT2D eigenvalue weighted by atomic mass is 16.4. The predicted molar refractivity (Wildman–Crippen MR) is 95.4 cm³/mol. The van der Waals surface area contributed by atoms with Gasteiger partial charge in [0.25, 0.3) is 0 Å². The average Bonchev–Trinajstić information content (AvgIpc) is 2.55. The molecule has 0 heterocycles. The Labute approximate surface area is 136 Å². The molecule has 2 aromatic rings. The van der Waals surface area contributed by atoms with E-state index in [1.54, 1.807) is 0 Å². The molecule has 2 aromatic carbocycles. The third-order valence-electron chi connectivity index (χ3n) is 3.84. The first kappa shape index (κ1) is 15.3. The summed E-state index contributed by atoms with van der Waals surface area (Å²) in [5, 5.41) is 18.8. The molecule has 0 aromatic heterocycles. The first-order valence-electron chi connectivity index (χ1n) is 7.53. The van der Waals surface area contributed by atoms with Gasteiger partial charge in [0.1, 0.15) is 0 Å². The first-order chi connectivity index (χ1) is 11.2. The molecule has 0 fully saturated rings. The Morgan fingerprint density at radius 1 is 0.739 bits per heavy atom. The summed E-state index contributed by atoms with van der Waals surface area (Å²) in [6, 6.07) is 25.0. The molecule has 0 unspecified atom stereocenters. The van der Waals surface area contributed by atoms with Crippen LogP contribution in [0.4, 0.5) is 11.4 Å². The third kappa shape index (κ3) is 3.28. The molecule has 0 aliphatic heterocycles. The average molecular weight is 303 g/mol. The highest BCUT2D eigenvalue weighted by molar-refractivity contribution is 6.49. The molecular formula is C19H18BNO2. The minimum Gasteiger partial charge on any atom is -0.407 e. The van der Waals surface area contributed by atoms with Gasteiger partial charge < -0.3 is 14.9 Å². The van der Waals surface area contributed by atoms with Crippen molar-refractivity contribution in [3.8, 4) is 11.1 Å². The lowest BCUT2D eigenvalue weighted by Crippen LogP contribution is -2.35. The van der Waals surface area contributed by atoms with Gasteiger partial charge in [0.15, 0.2) is 0 Å². The van der Waals surface area contributed by atoms with Crippen LogP contribution in [0.25, 0.3) is 11.1 Å². The van der Waals surface area contributed by atoms with Gasteiger partial charge in [-0.1, -0.05) is 54.6 Å². The van der Waals surface area contributed by atoms with E-state index in [0.29, 0.717) is 0 Å². The maximum absolute atomic E-state index is 9.40. The van der Waals surface area contributed by atoms with Gasteiger partial charge in [-0.2, -0.15) is 0 Å². The van der Waals surface area contributed by atoms with Crippen molar-refractivity contribution in [3.05, 3.63) is 84.4 Å². The van der Waals surface area contributed by atoms with Gasteiger partial charge in [0.05, 0.1) is 0 Å². The summed E-state index contributed by atoms with van der Waals surface area (Å²) in [7, 11) is -1.55. The maximum Gasteiger partial charge on any atom is 0.592 e. The van der Waals surface area contributed by atoms with Crippen LogP contribution in [0, 0.1) is 6.92 Å². The van der Waals surface area contributed by atoms with E-state index < -0.39 is 7.25 Å². The molecule has 2 aliphatic carbocycles. The molecule has 0 amide bonds. The maximum atomic E-state index is 9.40. The molecule has 4 rings (SSSR count). The normalized spacial score (nSPS) is 10.4. The SMILES string of the molecule is Cc1cc2ccc1-2.OB(O)N(c1ccccc1)c1ccccc1. The molecule has 0 bridgehead atoms. The van der Waals surface area contributed by atoms with Crippen LogP contribution in [0.5, 0.6) is 0 Å². The van der Waals surface area contributed by atoms with E-state index in [0.717, 1.165) is 11.4 Å². The number of benzene rings is 3.